The number of cyclic esters (lactones) is 1. The summed E-state index contributed by atoms with van der Waals surface area (Å²) in [5, 5.41) is 39.4. The molecule has 14 heteroatoms. The first kappa shape index (κ1) is 29.2. The van der Waals surface area contributed by atoms with E-state index in [2.05, 4.69) is 6.92 Å². The lowest BCUT2D eigenvalue weighted by Crippen LogP contribution is -2.70. The van der Waals surface area contributed by atoms with Crippen LogP contribution in [-0.4, -0.2) is 123 Å². The highest BCUT2D eigenvalue weighted by molar-refractivity contribution is 5.92. The Morgan fingerprint density at radius 2 is 1.73 bits per heavy atom. The van der Waals surface area contributed by atoms with Crippen LogP contribution >= 0.6 is 0 Å². The zero-order valence-corrected chi connectivity index (χ0v) is 24.7. The van der Waals surface area contributed by atoms with Gasteiger partial charge in [-0.25, -0.2) is 4.79 Å². The van der Waals surface area contributed by atoms with Crippen molar-refractivity contribution in [2.75, 3.05) is 13.2 Å². The van der Waals surface area contributed by atoms with E-state index in [1.54, 1.807) is 0 Å². The molecule has 0 amide bonds. The number of hydrogen-bond donors (Lipinski definition) is 4. The summed E-state index contributed by atoms with van der Waals surface area (Å²) >= 11 is 0. The van der Waals surface area contributed by atoms with Crippen molar-refractivity contribution >= 4 is 17.9 Å². The van der Waals surface area contributed by atoms with Crippen LogP contribution < -0.4 is 0 Å². The van der Waals surface area contributed by atoms with Gasteiger partial charge >= 0.3 is 17.9 Å². The molecule has 6 fully saturated rings. The van der Waals surface area contributed by atoms with Crippen LogP contribution in [0.2, 0.25) is 0 Å². The van der Waals surface area contributed by atoms with E-state index in [1.807, 2.05) is 13.8 Å². The molecule has 0 aromatic carbocycles. The van der Waals surface area contributed by atoms with Gasteiger partial charge in [-0.2, -0.15) is 0 Å². The number of aliphatic hydroxyl groups excluding tert-OH is 4. The Morgan fingerprint density at radius 3 is 2.43 bits per heavy atom. The summed E-state index contributed by atoms with van der Waals surface area (Å²) in [5.74, 6) is -1.81. The SMILES string of the molecule is CC(C)[C@]12O[C@H]1[C@@H]1O[C@]13[C@]1(O[C@H]1C[C@H]1C4=C(CC[C@@]13C)C(=O)OC4)[C@@H]2OC(=O)CCC(=O)O[C@H]1OC(CO)[C@H](O)C(O)[C@H]1O. The Balaban J connectivity index is 1.00. The average Bonchev–Trinajstić information content (AvgIpc) is 3.90. The van der Waals surface area contributed by atoms with Gasteiger partial charge in [0.1, 0.15) is 54.4 Å². The molecule has 8 rings (SSSR count). The predicted octanol–water partition coefficient (Wildman–Crippen LogP) is -1.22. The molecule has 0 aromatic rings. The second kappa shape index (κ2) is 9.22. The molecule has 4 saturated heterocycles. The third-order valence-corrected chi connectivity index (χ3v) is 11.9. The number of carbonyl (C=O) groups excluding carboxylic acids is 3. The van der Waals surface area contributed by atoms with E-state index in [-0.39, 0.29) is 49.1 Å². The van der Waals surface area contributed by atoms with Crippen molar-refractivity contribution in [3.05, 3.63) is 11.1 Å². The second-order valence-electron chi connectivity index (χ2n) is 14.1. The Morgan fingerprint density at radius 1 is 1.00 bits per heavy atom. The molecule has 2 saturated carbocycles. The highest BCUT2D eigenvalue weighted by Gasteiger charge is 3.01. The first-order chi connectivity index (χ1) is 20.9. The summed E-state index contributed by atoms with van der Waals surface area (Å²) in [4.78, 5) is 38.4. The summed E-state index contributed by atoms with van der Waals surface area (Å²) in [6.07, 6.45) is -8.33. The molecular formula is C30H38O14. The van der Waals surface area contributed by atoms with Gasteiger partial charge in [0, 0.05) is 11.0 Å². The fraction of sp³-hybridized carbons (Fsp3) is 0.833. The van der Waals surface area contributed by atoms with Crippen LogP contribution in [0.3, 0.4) is 0 Å². The van der Waals surface area contributed by atoms with Gasteiger partial charge in [-0.15, -0.1) is 0 Å². The lowest BCUT2D eigenvalue weighted by atomic mass is 9.46. The average molecular weight is 623 g/mol. The first-order valence-corrected chi connectivity index (χ1v) is 15.5. The Kier molecular flexibility index (Phi) is 6.13. The van der Waals surface area contributed by atoms with Crippen molar-refractivity contribution in [1.82, 2.24) is 0 Å². The standard InChI is InChI=1S/C30H38O14/c1-11(2)28-22(43-28)23-30(44-23)27(3)7-6-12-13(10-38-24(12)37)14(27)8-16-29(30,42-16)26(28)41-18(33)5-4-17(32)40-25-21(36)20(35)19(34)15(9-31)39-25/h11,14-16,19-23,25-26,31,34-36H,4-10H2,1-3H3/t14-,15?,16-,19-,20?,21+,22-,23-,25+,26+,27-,28-,29+,30+/m0/s1. The smallest absolute Gasteiger partial charge is 0.334 e. The Bertz CT molecular complexity index is 1340. The normalized spacial score (nSPS) is 52.4. The summed E-state index contributed by atoms with van der Waals surface area (Å²) in [7, 11) is 0. The topological polar surface area (TPSA) is 207 Å². The van der Waals surface area contributed by atoms with Crippen molar-refractivity contribution < 1.29 is 68.0 Å². The summed E-state index contributed by atoms with van der Waals surface area (Å²) in [6, 6.07) is 0. The number of aliphatic hydroxyl groups is 4. The maximum atomic E-state index is 13.4. The van der Waals surface area contributed by atoms with Gasteiger partial charge in [-0.3, -0.25) is 9.59 Å². The van der Waals surface area contributed by atoms with E-state index in [1.165, 1.54) is 0 Å². The third-order valence-electron chi connectivity index (χ3n) is 11.9. The van der Waals surface area contributed by atoms with Crippen LogP contribution in [0, 0.1) is 17.3 Å². The van der Waals surface area contributed by atoms with E-state index in [0.717, 1.165) is 11.1 Å². The molecular weight excluding hydrogens is 584 g/mol. The summed E-state index contributed by atoms with van der Waals surface area (Å²) < 4.78 is 41.6. The van der Waals surface area contributed by atoms with Gasteiger partial charge < -0.3 is 53.6 Å². The predicted molar refractivity (Wildman–Crippen MR) is 140 cm³/mol. The van der Waals surface area contributed by atoms with Crippen LogP contribution in [0.1, 0.15) is 52.9 Å². The fourth-order valence-electron chi connectivity index (χ4n) is 9.59. The molecule has 0 bridgehead atoms. The van der Waals surface area contributed by atoms with E-state index in [4.69, 9.17) is 33.2 Å². The highest BCUT2D eigenvalue weighted by Crippen LogP contribution is 2.83. The quantitative estimate of drug-likeness (QED) is 0.149. The maximum Gasteiger partial charge on any atom is 0.334 e. The molecule has 3 aliphatic carbocycles. The van der Waals surface area contributed by atoms with Gasteiger partial charge in [0.15, 0.2) is 11.7 Å². The number of hydrogen-bond acceptors (Lipinski definition) is 14. The molecule has 14 nitrogen and oxygen atoms in total. The number of rotatable bonds is 7. The van der Waals surface area contributed by atoms with E-state index < -0.39 is 84.0 Å². The van der Waals surface area contributed by atoms with Crippen molar-refractivity contribution in [3.63, 3.8) is 0 Å². The number of fused-ring (bicyclic) bond motifs is 4. The molecule has 5 heterocycles. The molecule has 2 unspecified atom stereocenters. The number of carbonyl (C=O) groups is 3. The Labute approximate surface area is 252 Å². The second-order valence-corrected chi connectivity index (χ2v) is 14.1. The van der Waals surface area contributed by atoms with Crippen LogP contribution in [0.5, 0.6) is 0 Å². The summed E-state index contributed by atoms with van der Waals surface area (Å²) in [5.41, 5.74) is -1.09. The van der Waals surface area contributed by atoms with Crippen molar-refractivity contribution in [2.45, 2.75) is 125 Å². The first-order valence-electron chi connectivity index (χ1n) is 15.5. The van der Waals surface area contributed by atoms with Crippen LogP contribution in [0.25, 0.3) is 0 Å². The van der Waals surface area contributed by atoms with Crippen molar-refractivity contribution in [3.8, 4) is 0 Å². The van der Waals surface area contributed by atoms with Gasteiger partial charge in [-0.1, -0.05) is 20.8 Å². The van der Waals surface area contributed by atoms with Crippen LogP contribution in [0.4, 0.5) is 0 Å². The molecule has 2 spiro atoms. The third kappa shape index (κ3) is 3.40. The minimum absolute atomic E-state index is 0.0298. The number of ether oxygens (including phenoxy) is 7. The molecule has 0 aromatic heterocycles. The highest BCUT2D eigenvalue weighted by atomic mass is 16.8. The molecule has 0 radical (unpaired) electrons. The van der Waals surface area contributed by atoms with E-state index >= 15 is 0 Å². The number of esters is 3. The van der Waals surface area contributed by atoms with E-state index in [0.29, 0.717) is 19.3 Å². The maximum absolute atomic E-state index is 13.4. The van der Waals surface area contributed by atoms with Gasteiger partial charge in [0.25, 0.3) is 0 Å². The lowest BCUT2D eigenvalue weighted by Gasteiger charge is -2.53. The van der Waals surface area contributed by atoms with Crippen LogP contribution in [-0.2, 0) is 47.5 Å². The summed E-state index contributed by atoms with van der Waals surface area (Å²) in [6.45, 7) is 5.81. The van der Waals surface area contributed by atoms with Gasteiger partial charge in [0.05, 0.1) is 25.6 Å². The largest absolute Gasteiger partial charge is 0.458 e. The zero-order chi connectivity index (χ0) is 31.1. The van der Waals surface area contributed by atoms with Crippen molar-refractivity contribution in [2.24, 2.45) is 17.3 Å². The molecule has 44 heavy (non-hydrogen) atoms. The molecule has 14 atom stereocenters. The zero-order valence-electron chi connectivity index (χ0n) is 24.7. The molecule has 4 N–H and O–H groups in total. The monoisotopic (exact) mass is 622 g/mol. The van der Waals surface area contributed by atoms with Crippen molar-refractivity contribution in [1.29, 1.82) is 0 Å². The van der Waals surface area contributed by atoms with E-state index in [9.17, 15) is 34.8 Å². The molecule has 5 aliphatic heterocycles. The number of epoxide rings is 3. The fourth-order valence-corrected chi connectivity index (χ4v) is 9.59. The van der Waals surface area contributed by atoms with Gasteiger partial charge in [0.2, 0.25) is 6.29 Å². The minimum atomic E-state index is -1.75. The lowest BCUT2D eigenvalue weighted by molar-refractivity contribution is -0.292. The Hall–Kier alpha value is -2.17. The van der Waals surface area contributed by atoms with Crippen LogP contribution in [0.15, 0.2) is 11.1 Å². The van der Waals surface area contributed by atoms with Gasteiger partial charge in [-0.05, 0) is 36.7 Å². The molecule has 242 valence electrons. The minimum Gasteiger partial charge on any atom is -0.458 e. The molecule has 8 aliphatic rings.